The quantitative estimate of drug-likeness (QED) is 0.785. The van der Waals surface area contributed by atoms with Crippen molar-refractivity contribution >= 4 is 11.7 Å². The molecule has 8 nitrogen and oxygen atoms in total. The van der Waals surface area contributed by atoms with Crippen molar-refractivity contribution in [2.75, 3.05) is 5.32 Å². The fraction of sp³-hybridized carbons (Fsp3) is 0.214. The first-order chi connectivity index (χ1) is 10.6. The Morgan fingerprint density at radius 2 is 2.23 bits per heavy atom. The summed E-state index contributed by atoms with van der Waals surface area (Å²) in [6.45, 7) is 3.53. The molecule has 3 rings (SSSR count). The van der Waals surface area contributed by atoms with Crippen molar-refractivity contribution in [3.63, 3.8) is 0 Å². The molecule has 0 aliphatic carbocycles. The topological polar surface area (TPSA) is 98.7 Å². The number of carbonyl (C=O) groups excluding carboxylic acids is 1. The fourth-order valence-corrected chi connectivity index (χ4v) is 1.99. The molecule has 1 N–H and O–H groups in total. The zero-order valence-corrected chi connectivity index (χ0v) is 12.1. The van der Waals surface area contributed by atoms with Crippen LogP contribution in [0.2, 0.25) is 0 Å². The zero-order chi connectivity index (χ0) is 15.5. The first-order valence-corrected chi connectivity index (χ1v) is 6.68. The second-order valence-electron chi connectivity index (χ2n) is 4.73. The van der Waals surface area contributed by atoms with E-state index < -0.39 is 0 Å². The molecule has 112 valence electrons. The molecule has 0 aromatic carbocycles. The summed E-state index contributed by atoms with van der Waals surface area (Å²) in [4.78, 5) is 20.6. The average molecular weight is 298 g/mol. The Balaban J connectivity index is 1.79. The summed E-state index contributed by atoms with van der Waals surface area (Å²) in [7, 11) is 0. The van der Waals surface area contributed by atoms with Gasteiger partial charge in [0.1, 0.15) is 23.8 Å². The number of nitrogens with one attached hydrogen (secondary N) is 1. The molecule has 0 saturated carbocycles. The number of rotatable bonds is 4. The van der Waals surface area contributed by atoms with Crippen LogP contribution in [-0.2, 0) is 11.3 Å². The normalized spacial score (nSPS) is 10.6. The second kappa shape index (κ2) is 5.76. The summed E-state index contributed by atoms with van der Waals surface area (Å²) in [5.74, 6) is 1.85. The van der Waals surface area contributed by atoms with Crippen LogP contribution in [0.4, 0.5) is 5.82 Å². The van der Waals surface area contributed by atoms with E-state index in [0.717, 1.165) is 0 Å². The van der Waals surface area contributed by atoms with Crippen molar-refractivity contribution < 1.29 is 9.32 Å². The Labute approximate surface area is 126 Å². The number of carbonyl (C=O) groups is 1. The van der Waals surface area contributed by atoms with Crippen LogP contribution in [0.3, 0.4) is 0 Å². The maximum atomic E-state index is 12.1. The van der Waals surface area contributed by atoms with Crippen LogP contribution in [0.15, 0.2) is 35.0 Å². The third-order valence-corrected chi connectivity index (χ3v) is 2.86. The molecule has 8 heteroatoms. The molecule has 0 bridgehead atoms. The standard InChI is InChI=1S/C14H14N6O2/c1-9-7-12(19-22-9)17-13(21)8-20-14(16-10(2)18-20)11-5-3-4-6-15-11/h3-7H,8H2,1-2H3,(H,17,19,21). The molecule has 1 amide bonds. The van der Waals surface area contributed by atoms with Gasteiger partial charge in [-0.1, -0.05) is 11.2 Å². The monoisotopic (exact) mass is 298 g/mol. The van der Waals surface area contributed by atoms with E-state index in [0.29, 0.717) is 28.9 Å². The van der Waals surface area contributed by atoms with E-state index in [-0.39, 0.29) is 12.5 Å². The predicted octanol–water partition coefficient (Wildman–Crippen LogP) is 1.58. The molecular formula is C14H14N6O2. The Kier molecular flexibility index (Phi) is 3.65. The van der Waals surface area contributed by atoms with Gasteiger partial charge in [-0.3, -0.25) is 9.78 Å². The van der Waals surface area contributed by atoms with Gasteiger partial charge in [0.25, 0.3) is 0 Å². The summed E-state index contributed by atoms with van der Waals surface area (Å²) < 4.78 is 6.42. The Morgan fingerprint density at radius 3 is 2.91 bits per heavy atom. The summed E-state index contributed by atoms with van der Waals surface area (Å²) in [6, 6.07) is 7.13. The van der Waals surface area contributed by atoms with Gasteiger partial charge < -0.3 is 9.84 Å². The van der Waals surface area contributed by atoms with Gasteiger partial charge in [-0.15, -0.1) is 0 Å². The van der Waals surface area contributed by atoms with Crippen molar-refractivity contribution in [1.82, 2.24) is 24.9 Å². The largest absolute Gasteiger partial charge is 0.360 e. The summed E-state index contributed by atoms with van der Waals surface area (Å²) >= 11 is 0. The maximum absolute atomic E-state index is 12.1. The van der Waals surface area contributed by atoms with Gasteiger partial charge >= 0.3 is 0 Å². The van der Waals surface area contributed by atoms with Crippen molar-refractivity contribution in [2.24, 2.45) is 0 Å². The molecule has 0 spiro atoms. The zero-order valence-electron chi connectivity index (χ0n) is 12.1. The number of aryl methyl sites for hydroxylation is 2. The molecule has 0 fully saturated rings. The Bertz CT molecular complexity index is 793. The van der Waals surface area contributed by atoms with Crippen molar-refractivity contribution in [3.8, 4) is 11.5 Å². The lowest BCUT2D eigenvalue weighted by molar-refractivity contribution is -0.116. The van der Waals surface area contributed by atoms with Crippen LogP contribution >= 0.6 is 0 Å². The van der Waals surface area contributed by atoms with E-state index in [9.17, 15) is 4.79 Å². The van der Waals surface area contributed by atoms with Gasteiger partial charge in [0, 0.05) is 12.3 Å². The van der Waals surface area contributed by atoms with Crippen LogP contribution in [-0.4, -0.2) is 30.8 Å². The number of amides is 1. The van der Waals surface area contributed by atoms with Gasteiger partial charge in [0.2, 0.25) is 5.91 Å². The van der Waals surface area contributed by atoms with Crippen molar-refractivity contribution in [2.45, 2.75) is 20.4 Å². The molecular weight excluding hydrogens is 284 g/mol. The SMILES string of the molecule is Cc1nc(-c2ccccn2)n(CC(=O)Nc2cc(C)on2)n1. The van der Waals surface area contributed by atoms with E-state index in [2.05, 4.69) is 25.5 Å². The minimum absolute atomic E-state index is 0.0126. The smallest absolute Gasteiger partial charge is 0.247 e. The Hall–Kier alpha value is -3.03. The van der Waals surface area contributed by atoms with Crippen molar-refractivity contribution in [3.05, 3.63) is 42.0 Å². The molecule has 0 radical (unpaired) electrons. The first-order valence-electron chi connectivity index (χ1n) is 6.68. The van der Waals surface area contributed by atoms with Gasteiger partial charge in [-0.05, 0) is 26.0 Å². The fourth-order valence-electron chi connectivity index (χ4n) is 1.99. The number of anilines is 1. The van der Waals surface area contributed by atoms with E-state index in [1.807, 2.05) is 18.2 Å². The minimum atomic E-state index is -0.268. The second-order valence-corrected chi connectivity index (χ2v) is 4.73. The van der Waals surface area contributed by atoms with Gasteiger partial charge in [0.05, 0.1) is 0 Å². The number of hydrogen-bond donors (Lipinski definition) is 1. The highest BCUT2D eigenvalue weighted by Crippen LogP contribution is 2.14. The highest BCUT2D eigenvalue weighted by Gasteiger charge is 2.14. The summed E-state index contributed by atoms with van der Waals surface area (Å²) in [6.07, 6.45) is 1.67. The highest BCUT2D eigenvalue weighted by molar-refractivity contribution is 5.89. The Morgan fingerprint density at radius 1 is 1.36 bits per heavy atom. The molecule has 0 saturated heterocycles. The number of pyridine rings is 1. The molecule has 3 heterocycles. The lowest BCUT2D eigenvalue weighted by Crippen LogP contribution is -2.20. The molecule has 0 unspecified atom stereocenters. The molecule has 3 aromatic rings. The van der Waals surface area contributed by atoms with Crippen molar-refractivity contribution in [1.29, 1.82) is 0 Å². The average Bonchev–Trinajstić information content (AvgIpc) is 3.06. The van der Waals surface area contributed by atoms with Gasteiger partial charge in [-0.25, -0.2) is 9.67 Å². The van der Waals surface area contributed by atoms with Crippen LogP contribution in [0.25, 0.3) is 11.5 Å². The lowest BCUT2D eigenvalue weighted by Gasteiger charge is -2.05. The van der Waals surface area contributed by atoms with E-state index >= 15 is 0 Å². The number of aromatic nitrogens is 5. The lowest BCUT2D eigenvalue weighted by atomic mass is 10.3. The predicted molar refractivity (Wildman–Crippen MR) is 77.9 cm³/mol. The van der Waals surface area contributed by atoms with E-state index in [4.69, 9.17) is 4.52 Å². The first kappa shape index (κ1) is 13.9. The van der Waals surface area contributed by atoms with E-state index in [1.54, 1.807) is 26.1 Å². The third kappa shape index (κ3) is 3.00. The number of hydrogen-bond acceptors (Lipinski definition) is 6. The van der Waals surface area contributed by atoms with Crippen LogP contribution in [0, 0.1) is 13.8 Å². The molecule has 0 aliphatic heterocycles. The maximum Gasteiger partial charge on any atom is 0.247 e. The highest BCUT2D eigenvalue weighted by atomic mass is 16.5. The van der Waals surface area contributed by atoms with Gasteiger partial charge in [0.15, 0.2) is 11.6 Å². The number of nitrogens with zero attached hydrogens (tertiary/aromatic N) is 5. The van der Waals surface area contributed by atoms with Crippen LogP contribution in [0.5, 0.6) is 0 Å². The summed E-state index contributed by atoms with van der Waals surface area (Å²) in [5, 5.41) is 10.6. The van der Waals surface area contributed by atoms with E-state index in [1.165, 1.54) is 4.68 Å². The molecule has 0 aliphatic rings. The van der Waals surface area contributed by atoms with Crippen LogP contribution < -0.4 is 5.32 Å². The van der Waals surface area contributed by atoms with Gasteiger partial charge in [-0.2, -0.15) is 5.10 Å². The molecule has 0 atom stereocenters. The molecule has 22 heavy (non-hydrogen) atoms. The minimum Gasteiger partial charge on any atom is -0.360 e. The summed E-state index contributed by atoms with van der Waals surface area (Å²) in [5.41, 5.74) is 0.660. The third-order valence-electron chi connectivity index (χ3n) is 2.86. The molecule has 3 aromatic heterocycles. The van der Waals surface area contributed by atoms with Crippen LogP contribution in [0.1, 0.15) is 11.6 Å².